The van der Waals surface area contributed by atoms with E-state index in [0.29, 0.717) is 5.13 Å². The molecule has 1 N–H and O–H groups in total. The Bertz CT molecular complexity index is 949. The molecule has 0 fully saturated rings. The Labute approximate surface area is 156 Å². The number of methoxy groups -OCH3 is 1. The van der Waals surface area contributed by atoms with Crippen LogP contribution in [0.5, 0.6) is 5.75 Å². The number of nitrogens with zero attached hydrogens (tertiary/aromatic N) is 1. The number of aryl methyl sites for hydroxylation is 2. The summed E-state index contributed by atoms with van der Waals surface area (Å²) < 4.78 is 5.30. The summed E-state index contributed by atoms with van der Waals surface area (Å²) in [5.74, 6) is 0.630. The van der Waals surface area contributed by atoms with Gasteiger partial charge in [0.05, 0.1) is 19.2 Å². The van der Waals surface area contributed by atoms with Gasteiger partial charge in [-0.15, -0.1) is 11.3 Å². The van der Waals surface area contributed by atoms with Crippen molar-refractivity contribution < 1.29 is 9.53 Å². The fourth-order valence-electron chi connectivity index (χ4n) is 3.38. The molecule has 2 aromatic carbocycles. The number of amides is 1. The van der Waals surface area contributed by atoms with E-state index in [2.05, 4.69) is 28.5 Å². The lowest BCUT2D eigenvalue weighted by atomic mass is 10.1. The Morgan fingerprint density at radius 1 is 1.19 bits per heavy atom. The number of anilines is 1. The van der Waals surface area contributed by atoms with E-state index in [9.17, 15) is 4.79 Å². The molecule has 0 radical (unpaired) electrons. The predicted molar refractivity (Wildman–Crippen MR) is 105 cm³/mol. The first kappa shape index (κ1) is 16.8. The third-order valence-electron chi connectivity index (χ3n) is 4.69. The molecule has 0 bridgehead atoms. The molecule has 0 saturated heterocycles. The highest BCUT2D eigenvalue weighted by atomic mass is 32.1. The molecule has 0 atom stereocenters. The number of fused-ring (bicyclic) bond motifs is 1. The van der Waals surface area contributed by atoms with Crippen LogP contribution in [0, 0.1) is 0 Å². The topological polar surface area (TPSA) is 51.2 Å². The van der Waals surface area contributed by atoms with Crippen LogP contribution in [0.4, 0.5) is 5.13 Å². The average molecular weight is 364 g/mol. The number of carbonyl (C=O) groups excluding carboxylic acids is 1. The van der Waals surface area contributed by atoms with Gasteiger partial charge in [0.2, 0.25) is 5.91 Å². The van der Waals surface area contributed by atoms with Gasteiger partial charge in [-0.2, -0.15) is 0 Å². The third-order valence-corrected chi connectivity index (χ3v) is 5.45. The van der Waals surface area contributed by atoms with Crippen LogP contribution < -0.4 is 10.1 Å². The number of nitrogens with one attached hydrogen (secondary N) is 1. The minimum Gasteiger partial charge on any atom is -0.496 e. The second-order valence-corrected chi connectivity index (χ2v) is 7.27. The number of carbonyl (C=O) groups is 1. The van der Waals surface area contributed by atoms with E-state index in [1.54, 1.807) is 7.11 Å². The maximum Gasteiger partial charge on any atom is 0.230 e. The monoisotopic (exact) mass is 364 g/mol. The van der Waals surface area contributed by atoms with Gasteiger partial charge in [0.15, 0.2) is 5.13 Å². The van der Waals surface area contributed by atoms with Crippen LogP contribution in [0.25, 0.3) is 11.3 Å². The highest BCUT2D eigenvalue weighted by Gasteiger charge is 2.14. The summed E-state index contributed by atoms with van der Waals surface area (Å²) in [5.41, 5.74) is 5.78. The van der Waals surface area contributed by atoms with Crippen molar-refractivity contribution in [3.05, 3.63) is 64.5 Å². The SMILES string of the molecule is COc1ccccc1CC(=O)Nc1nc(-c2ccc3c(c2)CCC3)cs1. The number of para-hydroxylation sites is 1. The van der Waals surface area contributed by atoms with Crippen molar-refractivity contribution in [2.45, 2.75) is 25.7 Å². The van der Waals surface area contributed by atoms with Gasteiger partial charge in [0.25, 0.3) is 0 Å². The largest absolute Gasteiger partial charge is 0.496 e. The maximum absolute atomic E-state index is 12.3. The lowest BCUT2D eigenvalue weighted by Crippen LogP contribution is -2.14. The number of aromatic nitrogens is 1. The summed E-state index contributed by atoms with van der Waals surface area (Å²) in [6, 6.07) is 14.1. The summed E-state index contributed by atoms with van der Waals surface area (Å²) in [4.78, 5) is 16.9. The molecule has 1 aliphatic rings. The number of thiazole rings is 1. The van der Waals surface area contributed by atoms with E-state index in [1.807, 2.05) is 29.6 Å². The molecular formula is C21H20N2O2S. The highest BCUT2D eigenvalue weighted by Crippen LogP contribution is 2.30. The lowest BCUT2D eigenvalue weighted by Gasteiger charge is -2.07. The van der Waals surface area contributed by atoms with Crippen molar-refractivity contribution in [3.63, 3.8) is 0 Å². The molecule has 1 amide bonds. The smallest absolute Gasteiger partial charge is 0.230 e. The van der Waals surface area contributed by atoms with Crippen molar-refractivity contribution in [1.82, 2.24) is 4.98 Å². The summed E-state index contributed by atoms with van der Waals surface area (Å²) >= 11 is 1.45. The summed E-state index contributed by atoms with van der Waals surface area (Å²) in [6.07, 6.45) is 3.82. The fraction of sp³-hybridized carbons (Fsp3) is 0.238. The molecular weight excluding hydrogens is 344 g/mol. The first-order chi connectivity index (χ1) is 12.7. The first-order valence-electron chi connectivity index (χ1n) is 8.72. The number of rotatable bonds is 5. The molecule has 0 spiro atoms. The van der Waals surface area contributed by atoms with Crippen molar-refractivity contribution >= 4 is 22.4 Å². The minimum atomic E-state index is -0.0932. The van der Waals surface area contributed by atoms with Gasteiger partial charge in [-0.05, 0) is 42.5 Å². The molecule has 3 aromatic rings. The highest BCUT2D eigenvalue weighted by molar-refractivity contribution is 7.14. The lowest BCUT2D eigenvalue weighted by molar-refractivity contribution is -0.115. The van der Waals surface area contributed by atoms with E-state index in [4.69, 9.17) is 4.74 Å². The molecule has 0 aliphatic heterocycles. The summed E-state index contributed by atoms with van der Waals surface area (Å²) in [6.45, 7) is 0. The molecule has 4 rings (SSSR count). The van der Waals surface area contributed by atoms with Gasteiger partial charge in [-0.1, -0.05) is 30.3 Å². The third kappa shape index (κ3) is 3.48. The molecule has 0 saturated carbocycles. The van der Waals surface area contributed by atoms with Crippen LogP contribution in [0.3, 0.4) is 0 Å². The minimum absolute atomic E-state index is 0.0932. The van der Waals surface area contributed by atoms with Crippen molar-refractivity contribution in [2.24, 2.45) is 0 Å². The van der Waals surface area contributed by atoms with E-state index < -0.39 is 0 Å². The normalized spacial score (nSPS) is 12.7. The van der Waals surface area contributed by atoms with Crippen molar-refractivity contribution in [2.75, 3.05) is 12.4 Å². The molecule has 1 aliphatic carbocycles. The molecule has 1 heterocycles. The van der Waals surface area contributed by atoms with Crippen LogP contribution in [0.2, 0.25) is 0 Å². The fourth-order valence-corrected chi connectivity index (χ4v) is 4.12. The van der Waals surface area contributed by atoms with Crippen LogP contribution in [-0.2, 0) is 24.1 Å². The number of ether oxygens (including phenoxy) is 1. The van der Waals surface area contributed by atoms with Gasteiger partial charge in [0.1, 0.15) is 5.75 Å². The zero-order chi connectivity index (χ0) is 17.9. The number of hydrogen-bond donors (Lipinski definition) is 1. The number of hydrogen-bond acceptors (Lipinski definition) is 4. The van der Waals surface area contributed by atoms with E-state index in [0.717, 1.165) is 29.0 Å². The van der Waals surface area contributed by atoms with Crippen LogP contribution >= 0.6 is 11.3 Å². The maximum atomic E-state index is 12.3. The molecule has 132 valence electrons. The van der Waals surface area contributed by atoms with Crippen LogP contribution in [0.15, 0.2) is 47.8 Å². The van der Waals surface area contributed by atoms with Gasteiger partial charge in [-0.25, -0.2) is 4.98 Å². The van der Waals surface area contributed by atoms with E-state index in [-0.39, 0.29) is 12.3 Å². The Kier molecular flexibility index (Phi) is 4.71. The van der Waals surface area contributed by atoms with Crippen LogP contribution in [-0.4, -0.2) is 18.0 Å². The van der Waals surface area contributed by atoms with E-state index in [1.165, 1.54) is 35.3 Å². The van der Waals surface area contributed by atoms with Crippen LogP contribution in [0.1, 0.15) is 23.1 Å². The van der Waals surface area contributed by atoms with Gasteiger partial charge in [-0.3, -0.25) is 4.79 Å². The van der Waals surface area contributed by atoms with Crippen molar-refractivity contribution in [1.29, 1.82) is 0 Å². The second-order valence-electron chi connectivity index (χ2n) is 6.41. The quantitative estimate of drug-likeness (QED) is 0.726. The standard InChI is InChI=1S/C21H20N2O2S/c1-25-19-8-3-2-5-17(19)12-20(24)23-21-22-18(13-26-21)16-10-9-14-6-4-7-15(14)11-16/h2-3,5,8-11,13H,4,6-7,12H2,1H3,(H,22,23,24). The Morgan fingerprint density at radius 3 is 2.92 bits per heavy atom. The van der Waals surface area contributed by atoms with Gasteiger partial charge >= 0.3 is 0 Å². The zero-order valence-corrected chi connectivity index (χ0v) is 15.4. The van der Waals surface area contributed by atoms with Crippen molar-refractivity contribution in [3.8, 4) is 17.0 Å². The Morgan fingerprint density at radius 2 is 2.04 bits per heavy atom. The molecule has 4 nitrogen and oxygen atoms in total. The average Bonchev–Trinajstić information content (AvgIpc) is 3.30. The molecule has 26 heavy (non-hydrogen) atoms. The Balaban J connectivity index is 1.46. The zero-order valence-electron chi connectivity index (χ0n) is 14.6. The predicted octanol–water partition coefficient (Wildman–Crippen LogP) is 4.49. The molecule has 0 unspecified atom stereocenters. The molecule has 1 aromatic heterocycles. The second kappa shape index (κ2) is 7.30. The Hall–Kier alpha value is -2.66. The summed E-state index contributed by atoms with van der Waals surface area (Å²) in [5, 5.41) is 5.52. The summed E-state index contributed by atoms with van der Waals surface area (Å²) in [7, 11) is 1.61. The molecule has 5 heteroatoms. The van der Waals surface area contributed by atoms with E-state index >= 15 is 0 Å². The van der Waals surface area contributed by atoms with Gasteiger partial charge < -0.3 is 10.1 Å². The van der Waals surface area contributed by atoms with Gasteiger partial charge in [0, 0.05) is 16.5 Å². The number of benzene rings is 2. The first-order valence-corrected chi connectivity index (χ1v) is 9.60.